The molecule has 0 aliphatic heterocycles. The van der Waals surface area contributed by atoms with E-state index in [4.69, 9.17) is 33.7 Å². The molecule has 8 heteroatoms. The molecule has 122 valence electrons. The Morgan fingerprint density at radius 2 is 2.00 bits per heavy atom. The van der Waals surface area contributed by atoms with E-state index in [1.165, 1.54) is 28.4 Å². The standard InChI is InChI=1S/C15H14Cl2N2O3S/c1-19(7-10-3-5-13(17)23-10)14(20)8-22-12-4-2-9(16)6-11(12)15(18)21/h2-6H,7-8H2,1H3,(H2,18,21). The van der Waals surface area contributed by atoms with E-state index < -0.39 is 5.91 Å². The molecule has 0 fully saturated rings. The monoisotopic (exact) mass is 372 g/mol. The van der Waals surface area contributed by atoms with Crippen molar-refractivity contribution in [2.75, 3.05) is 13.7 Å². The molecule has 2 aromatic rings. The zero-order chi connectivity index (χ0) is 17.0. The van der Waals surface area contributed by atoms with Crippen LogP contribution in [0.25, 0.3) is 0 Å². The van der Waals surface area contributed by atoms with Crippen LogP contribution in [0.4, 0.5) is 0 Å². The molecule has 1 heterocycles. The predicted octanol–water partition coefficient (Wildman–Crippen LogP) is 3.19. The van der Waals surface area contributed by atoms with Crippen molar-refractivity contribution in [1.29, 1.82) is 0 Å². The summed E-state index contributed by atoms with van der Waals surface area (Å²) >= 11 is 13.1. The average Bonchev–Trinajstić information content (AvgIpc) is 2.90. The molecule has 0 aliphatic carbocycles. The lowest BCUT2D eigenvalue weighted by Crippen LogP contribution is -2.31. The van der Waals surface area contributed by atoms with Crippen LogP contribution in [0.5, 0.6) is 5.75 Å². The Morgan fingerprint density at radius 1 is 1.26 bits per heavy atom. The molecule has 23 heavy (non-hydrogen) atoms. The topological polar surface area (TPSA) is 72.6 Å². The molecular formula is C15H14Cl2N2O3S. The van der Waals surface area contributed by atoms with Gasteiger partial charge in [0.2, 0.25) is 0 Å². The summed E-state index contributed by atoms with van der Waals surface area (Å²) in [4.78, 5) is 26.0. The Morgan fingerprint density at radius 3 is 2.61 bits per heavy atom. The third kappa shape index (κ3) is 4.86. The average molecular weight is 373 g/mol. The third-order valence-corrected chi connectivity index (χ3v) is 4.46. The Balaban J connectivity index is 1.97. The number of halogens is 2. The van der Waals surface area contributed by atoms with E-state index in [1.807, 2.05) is 6.07 Å². The minimum Gasteiger partial charge on any atom is -0.483 e. The van der Waals surface area contributed by atoms with Crippen molar-refractivity contribution in [2.24, 2.45) is 5.73 Å². The second-order valence-corrected chi connectivity index (χ2v) is 6.99. The Kier molecular flexibility index (Phi) is 5.87. The number of benzene rings is 1. The number of carbonyl (C=O) groups is 2. The summed E-state index contributed by atoms with van der Waals surface area (Å²) in [7, 11) is 1.66. The van der Waals surface area contributed by atoms with Gasteiger partial charge in [0.05, 0.1) is 16.4 Å². The smallest absolute Gasteiger partial charge is 0.260 e. The lowest BCUT2D eigenvalue weighted by Gasteiger charge is -2.17. The maximum absolute atomic E-state index is 12.1. The van der Waals surface area contributed by atoms with Crippen molar-refractivity contribution in [3.63, 3.8) is 0 Å². The van der Waals surface area contributed by atoms with Crippen LogP contribution >= 0.6 is 34.5 Å². The first-order valence-electron chi connectivity index (χ1n) is 6.57. The van der Waals surface area contributed by atoms with Gasteiger partial charge in [-0.05, 0) is 30.3 Å². The molecule has 0 saturated heterocycles. The van der Waals surface area contributed by atoms with Gasteiger partial charge in [-0.15, -0.1) is 11.3 Å². The molecule has 2 amide bonds. The summed E-state index contributed by atoms with van der Waals surface area (Å²) in [6, 6.07) is 8.12. The number of rotatable bonds is 6. The fraction of sp³-hybridized carbons (Fsp3) is 0.200. The molecular weight excluding hydrogens is 359 g/mol. The Bertz CT molecular complexity index is 733. The molecule has 0 radical (unpaired) electrons. The number of ether oxygens (including phenoxy) is 1. The maximum Gasteiger partial charge on any atom is 0.260 e. The second kappa shape index (κ2) is 7.68. The number of hydrogen-bond donors (Lipinski definition) is 1. The highest BCUT2D eigenvalue weighted by Gasteiger charge is 2.15. The van der Waals surface area contributed by atoms with E-state index >= 15 is 0 Å². The van der Waals surface area contributed by atoms with Crippen LogP contribution in [0.3, 0.4) is 0 Å². The number of hydrogen-bond acceptors (Lipinski definition) is 4. The van der Waals surface area contributed by atoms with Crippen molar-refractivity contribution in [3.05, 3.63) is 50.1 Å². The van der Waals surface area contributed by atoms with Gasteiger partial charge in [-0.3, -0.25) is 9.59 Å². The highest BCUT2D eigenvalue weighted by Crippen LogP contribution is 2.24. The summed E-state index contributed by atoms with van der Waals surface area (Å²) in [5, 5.41) is 0.365. The number of nitrogens with two attached hydrogens (primary N) is 1. The van der Waals surface area contributed by atoms with Crippen molar-refractivity contribution in [2.45, 2.75) is 6.54 Å². The predicted molar refractivity (Wildman–Crippen MR) is 91.3 cm³/mol. The van der Waals surface area contributed by atoms with Crippen LogP contribution in [0, 0.1) is 0 Å². The van der Waals surface area contributed by atoms with Crippen molar-refractivity contribution in [1.82, 2.24) is 4.90 Å². The molecule has 2 N–H and O–H groups in total. The zero-order valence-corrected chi connectivity index (χ0v) is 14.5. The van der Waals surface area contributed by atoms with E-state index in [0.717, 1.165) is 4.88 Å². The van der Waals surface area contributed by atoms with Crippen LogP contribution in [-0.2, 0) is 11.3 Å². The summed E-state index contributed by atoms with van der Waals surface area (Å²) in [5.74, 6) is -0.681. The first-order valence-corrected chi connectivity index (χ1v) is 8.14. The highest BCUT2D eigenvalue weighted by molar-refractivity contribution is 7.16. The van der Waals surface area contributed by atoms with Crippen LogP contribution in [-0.4, -0.2) is 30.4 Å². The lowest BCUT2D eigenvalue weighted by molar-refractivity contribution is -0.132. The molecule has 5 nitrogen and oxygen atoms in total. The van der Waals surface area contributed by atoms with Gasteiger partial charge >= 0.3 is 0 Å². The molecule has 0 bridgehead atoms. The zero-order valence-electron chi connectivity index (χ0n) is 12.2. The Hall–Kier alpha value is -1.76. The molecule has 1 aromatic heterocycles. The van der Waals surface area contributed by atoms with Gasteiger partial charge in [0.25, 0.3) is 11.8 Å². The third-order valence-electron chi connectivity index (χ3n) is 3.01. The van der Waals surface area contributed by atoms with Crippen molar-refractivity contribution in [3.8, 4) is 5.75 Å². The van der Waals surface area contributed by atoms with Gasteiger partial charge in [0.1, 0.15) is 5.75 Å². The van der Waals surface area contributed by atoms with Gasteiger partial charge < -0.3 is 15.4 Å². The number of nitrogens with zero attached hydrogens (tertiary/aromatic N) is 1. The van der Waals surface area contributed by atoms with Gasteiger partial charge in [-0.25, -0.2) is 0 Å². The van der Waals surface area contributed by atoms with Gasteiger partial charge in [-0.1, -0.05) is 23.2 Å². The molecule has 1 aromatic carbocycles. The number of amides is 2. The minimum atomic E-state index is -0.670. The number of carbonyl (C=O) groups excluding carboxylic acids is 2. The SMILES string of the molecule is CN(Cc1ccc(Cl)s1)C(=O)COc1ccc(Cl)cc1C(N)=O. The number of primary amides is 1. The lowest BCUT2D eigenvalue weighted by atomic mass is 10.2. The molecule has 0 atom stereocenters. The summed E-state index contributed by atoms with van der Waals surface area (Å²) in [6.45, 7) is 0.223. The van der Waals surface area contributed by atoms with Crippen LogP contribution in [0.15, 0.2) is 30.3 Å². The van der Waals surface area contributed by atoms with Crippen LogP contribution in [0.2, 0.25) is 9.36 Å². The van der Waals surface area contributed by atoms with Gasteiger partial charge in [-0.2, -0.15) is 0 Å². The van der Waals surface area contributed by atoms with Crippen LogP contribution in [0.1, 0.15) is 15.2 Å². The maximum atomic E-state index is 12.1. The first kappa shape index (κ1) is 17.6. The van der Waals surface area contributed by atoms with Gasteiger partial charge in [0, 0.05) is 16.9 Å². The van der Waals surface area contributed by atoms with E-state index in [9.17, 15) is 9.59 Å². The van der Waals surface area contributed by atoms with E-state index in [0.29, 0.717) is 15.9 Å². The largest absolute Gasteiger partial charge is 0.483 e. The highest BCUT2D eigenvalue weighted by atomic mass is 35.5. The van der Waals surface area contributed by atoms with Gasteiger partial charge in [0.15, 0.2) is 6.61 Å². The molecule has 2 rings (SSSR count). The summed E-state index contributed by atoms with van der Waals surface area (Å²) < 4.78 is 6.08. The van der Waals surface area contributed by atoms with Crippen molar-refractivity contribution < 1.29 is 14.3 Å². The normalized spacial score (nSPS) is 10.4. The molecule has 0 saturated carbocycles. The number of likely N-dealkylation sites (N-methyl/N-ethyl adjacent to an activating group) is 1. The number of thiophene rings is 1. The molecule has 0 spiro atoms. The van der Waals surface area contributed by atoms with Crippen LogP contribution < -0.4 is 10.5 Å². The summed E-state index contributed by atoms with van der Waals surface area (Å²) in [5.41, 5.74) is 5.41. The van der Waals surface area contributed by atoms with Crippen molar-refractivity contribution >= 4 is 46.4 Å². The van der Waals surface area contributed by atoms with E-state index in [-0.39, 0.29) is 23.8 Å². The Labute approximate surface area is 147 Å². The first-order chi connectivity index (χ1) is 10.9. The molecule has 0 aliphatic rings. The second-order valence-electron chi connectivity index (χ2n) is 4.75. The quantitative estimate of drug-likeness (QED) is 0.845. The fourth-order valence-electron chi connectivity index (χ4n) is 1.83. The minimum absolute atomic E-state index is 0.137. The fourth-order valence-corrected chi connectivity index (χ4v) is 3.14. The van der Waals surface area contributed by atoms with E-state index in [1.54, 1.807) is 19.2 Å². The summed E-state index contributed by atoms with van der Waals surface area (Å²) in [6.07, 6.45) is 0. The molecule has 0 unspecified atom stereocenters. The van der Waals surface area contributed by atoms with E-state index in [2.05, 4.69) is 0 Å².